The Morgan fingerprint density at radius 2 is 0.800 bits per heavy atom. The SMILES string of the molecule is CC(=O)OC[C@H]1NC(=O)c2cc(oc2C)[C@@H](COC(C)=O)NC(=O)c2cc(oc2C)[C@@H](COC(C)=O)NC(=O)c2cc1oc2C. The van der Waals surface area contributed by atoms with Gasteiger partial charge in [-0.15, -0.1) is 0 Å². The third-order valence-electron chi connectivity index (χ3n) is 6.85. The third-order valence-corrected chi connectivity index (χ3v) is 6.85. The fourth-order valence-corrected chi connectivity index (χ4v) is 4.60. The summed E-state index contributed by atoms with van der Waals surface area (Å²) in [7, 11) is 0. The highest BCUT2D eigenvalue weighted by Crippen LogP contribution is 2.28. The van der Waals surface area contributed by atoms with Gasteiger partial charge in [-0.3, -0.25) is 28.8 Å². The lowest BCUT2D eigenvalue weighted by atomic mass is 10.1. The van der Waals surface area contributed by atoms with Crippen LogP contribution in [0.25, 0.3) is 0 Å². The number of aryl methyl sites for hydroxylation is 3. The number of rotatable bonds is 6. The minimum absolute atomic E-state index is 0.0809. The maximum atomic E-state index is 13.4. The number of furan rings is 3. The topological polar surface area (TPSA) is 206 Å². The highest BCUT2D eigenvalue weighted by molar-refractivity contribution is 5.98. The first-order valence-corrected chi connectivity index (χ1v) is 13.9. The summed E-state index contributed by atoms with van der Waals surface area (Å²) in [5, 5.41) is 8.18. The zero-order valence-electron chi connectivity index (χ0n) is 25.5. The van der Waals surface area contributed by atoms with E-state index in [1.165, 1.54) is 59.7 Å². The molecule has 1 aliphatic rings. The van der Waals surface area contributed by atoms with Crippen molar-refractivity contribution in [3.63, 3.8) is 0 Å². The maximum Gasteiger partial charge on any atom is 0.302 e. The average Bonchev–Trinajstić information content (AvgIpc) is 3.66. The number of fused-ring (bicyclic) bond motifs is 6. The van der Waals surface area contributed by atoms with E-state index in [4.69, 9.17) is 27.5 Å². The Kier molecular flexibility index (Phi) is 9.79. The summed E-state index contributed by atoms with van der Waals surface area (Å²) in [4.78, 5) is 75.2. The predicted molar refractivity (Wildman–Crippen MR) is 151 cm³/mol. The van der Waals surface area contributed by atoms with Gasteiger partial charge in [0.25, 0.3) is 17.7 Å². The summed E-state index contributed by atoms with van der Waals surface area (Å²) in [6, 6.07) is 1.09. The molecular weight excluding hydrogens is 594 g/mol. The van der Waals surface area contributed by atoms with Crippen LogP contribution in [0, 0.1) is 20.8 Å². The predicted octanol–water partition coefficient (Wildman–Crippen LogP) is 2.81. The lowest BCUT2D eigenvalue weighted by Gasteiger charge is -2.17. The molecule has 6 bridgehead atoms. The molecule has 0 unspecified atom stereocenters. The van der Waals surface area contributed by atoms with Gasteiger partial charge in [0, 0.05) is 20.8 Å². The number of ether oxygens (including phenoxy) is 3. The molecule has 45 heavy (non-hydrogen) atoms. The van der Waals surface area contributed by atoms with Crippen molar-refractivity contribution in [3.8, 4) is 0 Å². The van der Waals surface area contributed by atoms with E-state index in [1.807, 2.05) is 0 Å². The average molecular weight is 628 g/mol. The summed E-state index contributed by atoms with van der Waals surface area (Å²) >= 11 is 0. The zero-order chi connectivity index (χ0) is 33.0. The normalized spacial score (nSPS) is 18.5. The molecular formula is C30H33N3O12. The van der Waals surface area contributed by atoms with Crippen LogP contribution in [0.4, 0.5) is 0 Å². The fraction of sp³-hybridized carbons (Fsp3) is 0.400. The standard InChI is InChI=1S/C30H33N3O12/c1-13-19-7-25(43-13)22(10-40-16(4)34)32-29(38)20-9-27(45-14(20)2)24(12-42-18(6)36)33-30(39)21-8-26(44-15(21)3)23(31-28(19)37)11-41-17(5)35/h7-9,22-24H,10-12H2,1-6H3,(H,31,37)(H,32,38)(H,33,39)/t22-,23-,24-/m1/s1. The van der Waals surface area contributed by atoms with Gasteiger partial charge in [-0.05, 0) is 39.0 Å². The monoisotopic (exact) mass is 627 g/mol. The minimum Gasteiger partial charge on any atom is -0.463 e. The molecule has 240 valence electrons. The van der Waals surface area contributed by atoms with Crippen LogP contribution in [0.2, 0.25) is 0 Å². The highest BCUT2D eigenvalue weighted by Gasteiger charge is 2.31. The number of hydrogen-bond acceptors (Lipinski definition) is 12. The van der Waals surface area contributed by atoms with Crippen LogP contribution in [0.15, 0.2) is 31.5 Å². The van der Waals surface area contributed by atoms with Crippen LogP contribution in [0.1, 0.15) is 105 Å². The first-order chi connectivity index (χ1) is 21.2. The Morgan fingerprint density at radius 3 is 1.02 bits per heavy atom. The van der Waals surface area contributed by atoms with Gasteiger partial charge >= 0.3 is 17.9 Å². The second-order valence-corrected chi connectivity index (χ2v) is 10.3. The molecule has 15 nitrogen and oxygen atoms in total. The molecule has 3 aromatic rings. The molecule has 4 rings (SSSR count). The molecule has 0 saturated heterocycles. The van der Waals surface area contributed by atoms with Crippen molar-refractivity contribution in [1.29, 1.82) is 0 Å². The maximum absolute atomic E-state index is 13.4. The van der Waals surface area contributed by atoms with Gasteiger partial charge in [0.2, 0.25) is 0 Å². The molecule has 3 amide bonds. The van der Waals surface area contributed by atoms with Crippen LogP contribution in [-0.2, 0) is 28.6 Å². The largest absolute Gasteiger partial charge is 0.463 e. The van der Waals surface area contributed by atoms with Crippen molar-refractivity contribution in [1.82, 2.24) is 16.0 Å². The Hall–Kier alpha value is -5.34. The molecule has 3 atom stereocenters. The quantitative estimate of drug-likeness (QED) is 0.266. The van der Waals surface area contributed by atoms with Crippen LogP contribution < -0.4 is 16.0 Å². The van der Waals surface area contributed by atoms with Gasteiger partial charge in [0.1, 0.15) is 72.5 Å². The molecule has 0 saturated carbocycles. The van der Waals surface area contributed by atoms with Crippen LogP contribution in [0.3, 0.4) is 0 Å². The molecule has 4 heterocycles. The molecule has 0 spiro atoms. The van der Waals surface area contributed by atoms with Gasteiger partial charge in [0.15, 0.2) is 0 Å². The second kappa shape index (κ2) is 13.5. The van der Waals surface area contributed by atoms with E-state index >= 15 is 0 Å². The lowest BCUT2D eigenvalue weighted by molar-refractivity contribution is -0.142. The van der Waals surface area contributed by atoms with Crippen LogP contribution in [0.5, 0.6) is 0 Å². The molecule has 0 aromatic carbocycles. The summed E-state index contributed by atoms with van der Waals surface area (Å²) in [6.45, 7) is 7.21. The van der Waals surface area contributed by atoms with Crippen LogP contribution in [-0.4, -0.2) is 55.5 Å². The van der Waals surface area contributed by atoms with Crippen molar-refractivity contribution in [2.75, 3.05) is 19.8 Å². The number of nitrogens with one attached hydrogen (secondary N) is 3. The van der Waals surface area contributed by atoms with Crippen LogP contribution >= 0.6 is 0 Å². The minimum atomic E-state index is -1.03. The van der Waals surface area contributed by atoms with Crippen molar-refractivity contribution in [3.05, 3.63) is 69.5 Å². The molecule has 3 aromatic heterocycles. The number of hydrogen-bond donors (Lipinski definition) is 3. The van der Waals surface area contributed by atoms with Gasteiger partial charge < -0.3 is 43.4 Å². The van der Waals surface area contributed by atoms with E-state index in [9.17, 15) is 28.8 Å². The van der Waals surface area contributed by atoms with Crippen molar-refractivity contribution in [2.24, 2.45) is 0 Å². The molecule has 3 N–H and O–H groups in total. The Labute approximate surface area is 256 Å². The fourth-order valence-electron chi connectivity index (χ4n) is 4.60. The Bertz CT molecular complexity index is 1450. The summed E-state index contributed by atoms with van der Waals surface area (Å²) in [5.74, 6) is -2.89. The van der Waals surface area contributed by atoms with Gasteiger partial charge in [-0.2, -0.15) is 0 Å². The molecule has 0 fully saturated rings. The summed E-state index contributed by atoms with van der Waals surface area (Å²) < 4.78 is 32.9. The summed E-state index contributed by atoms with van der Waals surface area (Å²) in [6.07, 6.45) is 0. The van der Waals surface area contributed by atoms with E-state index in [-0.39, 0.29) is 71.1 Å². The van der Waals surface area contributed by atoms with Gasteiger partial charge in [-0.1, -0.05) is 0 Å². The van der Waals surface area contributed by atoms with Gasteiger partial charge in [0.05, 0.1) is 16.7 Å². The molecule has 0 aliphatic carbocycles. The lowest BCUT2D eigenvalue weighted by Crippen LogP contribution is -2.33. The number of esters is 3. The first-order valence-electron chi connectivity index (χ1n) is 13.9. The number of carbonyl (C=O) groups is 6. The van der Waals surface area contributed by atoms with E-state index in [1.54, 1.807) is 0 Å². The number of carbonyl (C=O) groups excluding carboxylic acids is 6. The Morgan fingerprint density at radius 1 is 0.556 bits per heavy atom. The van der Waals surface area contributed by atoms with Crippen molar-refractivity contribution < 1.29 is 56.2 Å². The molecule has 0 radical (unpaired) electrons. The molecule has 1 aliphatic heterocycles. The smallest absolute Gasteiger partial charge is 0.302 e. The van der Waals surface area contributed by atoms with E-state index in [2.05, 4.69) is 16.0 Å². The van der Waals surface area contributed by atoms with Gasteiger partial charge in [-0.25, -0.2) is 0 Å². The van der Waals surface area contributed by atoms with E-state index < -0.39 is 53.8 Å². The third kappa shape index (κ3) is 7.79. The van der Waals surface area contributed by atoms with E-state index in [0.717, 1.165) is 0 Å². The second-order valence-electron chi connectivity index (χ2n) is 10.3. The van der Waals surface area contributed by atoms with Crippen molar-refractivity contribution >= 4 is 35.6 Å². The first kappa shape index (κ1) is 32.6. The van der Waals surface area contributed by atoms with E-state index in [0.29, 0.717) is 0 Å². The summed E-state index contributed by atoms with van der Waals surface area (Å²) in [5.41, 5.74) is 0.243. The Balaban J connectivity index is 1.84. The molecule has 15 heteroatoms. The zero-order valence-corrected chi connectivity index (χ0v) is 25.5. The number of amides is 3. The highest BCUT2D eigenvalue weighted by atomic mass is 16.5. The van der Waals surface area contributed by atoms with Crippen molar-refractivity contribution in [2.45, 2.75) is 59.7 Å².